The first-order valence-corrected chi connectivity index (χ1v) is 7.43. The zero-order chi connectivity index (χ0) is 15.7. The van der Waals surface area contributed by atoms with Crippen molar-refractivity contribution in [3.63, 3.8) is 0 Å². The summed E-state index contributed by atoms with van der Waals surface area (Å²) in [6.45, 7) is 0. The van der Waals surface area contributed by atoms with E-state index in [1.54, 1.807) is 24.3 Å². The van der Waals surface area contributed by atoms with Crippen molar-refractivity contribution in [3.8, 4) is 5.75 Å². The van der Waals surface area contributed by atoms with E-state index in [-0.39, 0.29) is 5.75 Å². The number of para-hydroxylation sites is 1. The van der Waals surface area contributed by atoms with Crippen LogP contribution in [0, 0.1) is 0 Å². The number of hydrogen-bond acceptors (Lipinski definition) is 2. The number of nitrogens with two attached hydrogens (primary N) is 1. The van der Waals surface area contributed by atoms with Gasteiger partial charge in [-0.05, 0) is 39.5 Å². The van der Waals surface area contributed by atoms with Crippen LogP contribution in [0.1, 0.15) is 0 Å². The molecule has 2 amide bonds. The first-order chi connectivity index (χ1) is 10.6. The van der Waals surface area contributed by atoms with Crippen LogP contribution in [-0.2, 0) is 0 Å². The highest BCUT2D eigenvalue weighted by atomic mass is 79.9. The highest BCUT2D eigenvalue weighted by Gasteiger charge is 2.22. The minimum absolute atomic E-state index is 0.00625. The maximum Gasteiger partial charge on any atom is 0.324 e. The molecule has 0 unspecified atom stereocenters. The molecule has 0 aliphatic carbocycles. The maximum atomic E-state index is 12.1. The summed E-state index contributed by atoms with van der Waals surface area (Å²) in [6, 6.07) is 17.4. The van der Waals surface area contributed by atoms with Crippen LogP contribution in [0.4, 0.5) is 16.2 Å². The fraction of sp³-hybridized carbons (Fsp3) is 0. The largest absolute Gasteiger partial charge is 0.506 e. The number of rotatable bonds is 2. The second-order valence-electron chi connectivity index (χ2n) is 4.78. The molecule has 3 N–H and O–H groups in total. The Balaban J connectivity index is 2.33. The molecule has 0 fully saturated rings. The van der Waals surface area contributed by atoms with Crippen LogP contribution in [0.15, 0.2) is 65.1 Å². The van der Waals surface area contributed by atoms with Crippen molar-refractivity contribution in [1.82, 2.24) is 0 Å². The van der Waals surface area contributed by atoms with Gasteiger partial charge in [0.1, 0.15) is 11.4 Å². The van der Waals surface area contributed by atoms with Crippen LogP contribution in [0.5, 0.6) is 5.75 Å². The van der Waals surface area contributed by atoms with Gasteiger partial charge in [0.25, 0.3) is 0 Å². The van der Waals surface area contributed by atoms with Crippen LogP contribution in [0.25, 0.3) is 10.8 Å². The number of hydrogen-bond donors (Lipinski definition) is 2. The summed E-state index contributed by atoms with van der Waals surface area (Å²) in [4.78, 5) is 13.4. The molecule has 0 atom stereocenters. The lowest BCUT2D eigenvalue weighted by atomic mass is 10.1. The number of amides is 2. The van der Waals surface area contributed by atoms with Crippen molar-refractivity contribution >= 4 is 44.1 Å². The monoisotopic (exact) mass is 356 g/mol. The molecule has 3 aromatic rings. The predicted octanol–water partition coefficient (Wildman–Crippen LogP) is 4.52. The second kappa shape index (κ2) is 5.69. The van der Waals surface area contributed by atoms with Gasteiger partial charge in [-0.25, -0.2) is 4.79 Å². The Labute approximate surface area is 135 Å². The minimum atomic E-state index is -0.668. The number of carbonyl (C=O) groups excluding carboxylic acids is 1. The van der Waals surface area contributed by atoms with Crippen molar-refractivity contribution in [1.29, 1.82) is 0 Å². The maximum absolute atomic E-state index is 12.1. The Morgan fingerprint density at radius 1 is 1.00 bits per heavy atom. The van der Waals surface area contributed by atoms with Crippen molar-refractivity contribution in [3.05, 3.63) is 65.1 Å². The summed E-state index contributed by atoms with van der Waals surface area (Å²) in [5.74, 6) is -0.00625. The Kier molecular flexibility index (Phi) is 3.73. The summed E-state index contributed by atoms with van der Waals surface area (Å²) in [6.07, 6.45) is 0. The Morgan fingerprint density at radius 2 is 1.68 bits per heavy atom. The van der Waals surface area contributed by atoms with Crippen LogP contribution in [0.3, 0.4) is 0 Å². The summed E-state index contributed by atoms with van der Waals surface area (Å²) < 4.78 is 0.709. The molecule has 4 nitrogen and oxygen atoms in total. The number of phenolic OH excluding ortho intramolecular Hbond substituents is 1. The molecule has 0 aliphatic rings. The minimum Gasteiger partial charge on any atom is -0.506 e. The molecule has 0 aromatic heterocycles. The van der Waals surface area contributed by atoms with Crippen LogP contribution in [0.2, 0.25) is 0 Å². The van der Waals surface area contributed by atoms with Gasteiger partial charge in [-0.2, -0.15) is 0 Å². The fourth-order valence-corrected chi connectivity index (χ4v) is 2.92. The van der Waals surface area contributed by atoms with Gasteiger partial charge in [0, 0.05) is 9.86 Å². The highest BCUT2D eigenvalue weighted by Crippen LogP contribution is 2.41. The number of carbonyl (C=O) groups is 1. The van der Waals surface area contributed by atoms with Gasteiger partial charge in [-0.1, -0.05) is 42.5 Å². The standard InChI is InChI=1S/C17H13BrN2O2/c18-13-7-3-4-8-14(13)20(17(19)22)16-12-6-2-1-5-11(12)9-10-15(16)21/h1-10,21H,(H2,19,22). The van der Waals surface area contributed by atoms with E-state index in [0.717, 1.165) is 10.8 Å². The quantitative estimate of drug-likeness (QED) is 0.708. The summed E-state index contributed by atoms with van der Waals surface area (Å²) >= 11 is 3.42. The smallest absolute Gasteiger partial charge is 0.324 e. The van der Waals surface area contributed by atoms with E-state index < -0.39 is 6.03 Å². The number of phenols is 1. The molecular weight excluding hydrogens is 344 g/mol. The van der Waals surface area contributed by atoms with Crippen molar-refractivity contribution in [2.24, 2.45) is 5.73 Å². The topological polar surface area (TPSA) is 66.6 Å². The molecule has 3 rings (SSSR count). The molecule has 0 saturated carbocycles. The fourth-order valence-electron chi connectivity index (χ4n) is 2.46. The number of aromatic hydroxyl groups is 1. The van der Waals surface area contributed by atoms with Gasteiger partial charge in [0.15, 0.2) is 0 Å². The second-order valence-corrected chi connectivity index (χ2v) is 5.63. The van der Waals surface area contributed by atoms with Crippen molar-refractivity contribution in [2.45, 2.75) is 0 Å². The number of nitrogens with zero attached hydrogens (tertiary/aromatic N) is 1. The van der Waals surface area contributed by atoms with Crippen molar-refractivity contribution in [2.75, 3.05) is 4.90 Å². The SMILES string of the molecule is NC(=O)N(c1ccccc1Br)c1c(O)ccc2ccccc12. The lowest BCUT2D eigenvalue weighted by Gasteiger charge is -2.24. The molecular formula is C17H13BrN2O2. The molecule has 0 aliphatic heterocycles. The number of anilines is 2. The zero-order valence-electron chi connectivity index (χ0n) is 11.5. The lowest BCUT2D eigenvalue weighted by molar-refractivity contribution is 0.256. The lowest BCUT2D eigenvalue weighted by Crippen LogP contribution is -2.31. The molecule has 3 aromatic carbocycles. The van der Waals surface area contributed by atoms with Gasteiger partial charge in [-0.15, -0.1) is 0 Å². The van der Waals surface area contributed by atoms with Gasteiger partial charge in [-0.3, -0.25) is 4.90 Å². The van der Waals surface area contributed by atoms with E-state index in [0.29, 0.717) is 15.8 Å². The average molecular weight is 357 g/mol. The van der Waals surface area contributed by atoms with Gasteiger partial charge < -0.3 is 10.8 Å². The third kappa shape index (κ3) is 2.40. The highest BCUT2D eigenvalue weighted by molar-refractivity contribution is 9.10. The van der Waals surface area contributed by atoms with E-state index >= 15 is 0 Å². The predicted molar refractivity (Wildman–Crippen MR) is 91.5 cm³/mol. The molecule has 0 heterocycles. The Morgan fingerprint density at radius 3 is 2.41 bits per heavy atom. The first kappa shape index (κ1) is 14.4. The number of urea groups is 1. The molecule has 5 heteroatoms. The zero-order valence-corrected chi connectivity index (χ0v) is 13.1. The third-order valence-corrected chi connectivity index (χ3v) is 4.09. The third-order valence-electron chi connectivity index (χ3n) is 3.42. The van der Waals surface area contributed by atoms with Crippen molar-refractivity contribution < 1.29 is 9.90 Å². The molecule has 22 heavy (non-hydrogen) atoms. The average Bonchev–Trinajstić information content (AvgIpc) is 2.51. The number of fused-ring (bicyclic) bond motifs is 1. The molecule has 0 bridgehead atoms. The van der Waals surface area contributed by atoms with Crippen LogP contribution in [-0.4, -0.2) is 11.1 Å². The first-order valence-electron chi connectivity index (χ1n) is 6.64. The van der Waals surface area contributed by atoms with E-state index in [1.165, 1.54) is 4.90 Å². The Hall–Kier alpha value is -2.53. The Bertz CT molecular complexity index is 864. The van der Waals surface area contributed by atoms with Gasteiger partial charge in [0.05, 0.1) is 5.69 Å². The molecule has 0 radical (unpaired) electrons. The molecule has 0 spiro atoms. The number of halogens is 1. The summed E-state index contributed by atoms with van der Waals surface area (Å²) in [5, 5.41) is 12.0. The van der Waals surface area contributed by atoms with E-state index in [9.17, 15) is 9.90 Å². The van der Waals surface area contributed by atoms with Crippen LogP contribution < -0.4 is 10.6 Å². The van der Waals surface area contributed by atoms with Crippen LogP contribution >= 0.6 is 15.9 Å². The van der Waals surface area contributed by atoms with E-state index in [2.05, 4.69) is 15.9 Å². The summed E-state index contributed by atoms with van der Waals surface area (Å²) in [5.41, 5.74) is 6.53. The summed E-state index contributed by atoms with van der Waals surface area (Å²) in [7, 11) is 0. The molecule has 110 valence electrons. The molecule has 0 saturated heterocycles. The van der Waals surface area contributed by atoms with Gasteiger partial charge >= 0.3 is 6.03 Å². The van der Waals surface area contributed by atoms with Gasteiger partial charge in [0.2, 0.25) is 0 Å². The van der Waals surface area contributed by atoms with E-state index in [1.807, 2.05) is 36.4 Å². The number of benzene rings is 3. The van der Waals surface area contributed by atoms with E-state index in [4.69, 9.17) is 5.73 Å². The number of primary amides is 1. The normalized spacial score (nSPS) is 10.6.